The van der Waals surface area contributed by atoms with Crippen LogP contribution in [0.5, 0.6) is 0 Å². The summed E-state index contributed by atoms with van der Waals surface area (Å²) in [4.78, 5) is 13.6. The number of hydrogen-bond acceptors (Lipinski definition) is 4. The van der Waals surface area contributed by atoms with Crippen molar-refractivity contribution >= 4 is 17.7 Å². The highest BCUT2D eigenvalue weighted by Crippen LogP contribution is 2.38. The molecule has 1 saturated carbocycles. The maximum Gasteiger partial charge on any atom is 0.232 e. The molecule has 2 aliphatic rings. The van der Waals surface area contributed by atoms with Crippen molar-refractivity contribution in [1.82, 2.24) is 4.90 Å². The standard InChI is InChI=1S/C11H16N2O2S/c12-3-4-16-7-11(15)13-5-8-1-2-10(14)9(8)6-13/h8-10,14H,1-2,4-7H2. The van der Waals surface area contributed by atoms with Gasteiger partial charge in [-0.1, -0.05) is 0 Å². The van der Waals surface area contributed by atoms with Crippen LogP contribution >= 0.6 is 11.8 Å². The monoisotopic (exact) mass is 240 g/mol. The van der Waals surface area contributed by atoms with Gasteiger partial charge >= 0.3 is 0 Å². The van der Waals surface area contributed by atoms with E-state index in [1.54, 1.807) is 0 Å². The Balaban J connectivity index is 1.80. The summed E-state index contributed by atoms with van der Waals surface area (Å²) < 4.78 is 0. The van der Waals surface area contributed by atoms with E-state index in [9.17, 15) is 9.90 Å². The average molecular weight is 240 g/mol. The van der Waals surface area contributed by atoms with Crippen molar-refractivity contribution < 1.29 is 9.90 Å². The van der Waals surface area contributed by atoms with Crippen molar-refractivity contribution in [2.45, 2.75) is 18.9 Å². The lowest BCUT2D eigenvalue weighted by atomic mass is 10.00. The molecule has 88 valence electrons. The molecule has 0 bridgehead atoms. The van der Waals surface area contributed by atoms with Gasteiger partial charge < -0.3 is 10.0 Å². The van der Waals surface area contributed by atoms with Gasteiger partial charge in [0.05, 0.1) is 23.7 Å². The van der Waals surface area contributed by atoms with Crippen LogP contribution in [-0.2, 0) is 4.79 Å². The van der Waals surface area contributed by atoms with E-state index >= 15 is 0 Å². The van der Waals surface area contributed by atoms with Crippen molar-refractivity contribution in [3.8, 4) is 6.07 Å². The minimum Gasteiger partial charge on any atom is -0.393 e. The van der Waals surface area contributed by atoms with Crippen LogP contribution in [0.3, 0.4) is 0 Å². The zero-order valence-electron chi connectivity index (χ0n) is 9.13. The van der Waals surface area contributed by atoms with Crippen LogP contribution in [0.4, 0.5) is 0 Å². The number of aliphatic hydroxyl groups is 1. The molecular formula is C11H16N2O2S. The minimum absolute atomic E-state index is 0.113. The molecule has 3 unspecified atom stereocenters. The van der Waals surface area contributed by atoms with Gasteiger partial charge in [0.15, 0.2) is 0 Å². The largest absolute Gasteiger partial charge is 0.393 e. The molecule has 1 N–H and O–H groups in total. The Morgan fingerprint density at radius 3 is 3.00 bits per heavy atom. The van der Waals surface area contributed by atoms with E-state index < -0.39 is 0 Å². The lowest BCUT2D eigenvalue weighted by molar-refractivity contribution is -0.127. The third-order valence-corrected chi connectivity index (χ3v) is 4.35. The molecule has 1 aliphatic carbocycles. The second kappa shape index (κ2) is 5.07. The minimum atomic E-state index is -0.213. The fourth-order valence-corrected chi connectivity index (χ4v) is 3.27. The second-order valence-electron chi connectivity index (χ2n) is 4.52. The predicted octanol–water partition coefficient (Wildman–Crippen LogP) is 0.472. The van der Waals surface area contributed by atoms with Gasteiger partial charge in [-0.3, -0.25) is 4.79 Å². The highest BCUT2D eigenvalue weighted by atomic mass is 32.2. The van der Waals surface area contributed by atoms with Crippen molar-refractivity contribution in [2.75, 3.05) is 24.6 Å². The summed E-state index contributed by atoms with van der Waals surface area (Å²) in [6, 6.07) is 2.01. The summed E-state index contributed by atoms with van der Waals surface area (Å²) in [5, 5.41) is 18.1. The summed E-state index contributed by atoms with van der Waals surface area (Å²) in [6.07, 6.45) is 1.72. The van der Waals surface area contributed by atoms with Crippen LogP contribution in [0.1, 0.15) is 12.8 Å². The molecule has 0 aromatic heterocycles. The quantitative estimate of drug-likeness (QED) is 0.728. The average Bonchev–Trinajstić information content (AvgIpc) is 2.82. The number of carbonyl (C=O) groups excluding carboxylic acids is 1. The molecule has 0 aromatic carbocycles. The van der Waals surface area contributed by atoms with E-state index in [0.717, 1.165) is 19.4 Å². The summed E-state index contributed by atoms with van der Waals surface area (Å²) in [5.74, 6) is 1.67. The van der Waals surface area contributed by atoms with Gasteiger partial charge in [-0.2, -0.15) is 5.26 Å². The molecular weight excluding hydrogens is 224 g/mol. The summed E-state index contributed by atoms with van der Waals surface area (Å²) >= 11 is 1.36. The lowest BCUT2D eigenvalue weighted by Gasteiger charge is -2.17. The molecule has 2 fully saturated rings. The number of fused-ring (bicyclic) bond motifs is 1. The molecule has 3 atom stereocenters. The Morgan fingerprint density at radius 2 is 2.31 bits per heavy atom. The van der Waals surface area contributed by atoms with Crippen LogP contribution in [0, 0.1) is 23.2 Å². The van der Waals surface area contributed by atoms with Gasteiger partial charge in [-0.25, -0.2) is 0 Å². The summed E-state index contributed by atoms with van der Waals surface area (Å²) in [7, 11) is 0. The Morgan fingerprint density at radius 1 is 1.50 bits per heavy atom. The van der Waals surface area contributed by atoms with E-state index in [2.05, 4.69) is 0 Å². The van der Waals surface area contributed by atoms with E-state index in [1.807, 2.05) is 11.0 Å². The smallest absolute Gasteiger partial charge is 0.232 e. The first-order valence-electron chi connectivity index (χ1n) is 5.63. The number of nitriles is 1. The molecule has 0 radical (unpaired) electrons. The van der Waals surface area contributed by atoms with Crippen molar-refractivity contribution in [3.05, 3.63) is 0 Å². The molecule has 1 aliphatic heterocycles. The number of thioether (sulfide) groups is 1. The fourth-order valence-electron chi connectivity index (χ4n) is 2.72. The first kappa shape index (κ1) is 11.7. The maximum absolute atomic E-state index is 11.8. The van der Waals surface area contributed by atoms with Crippen molar-refractivity contribution in [2.24, 2.45) is 11.8 Å². The van der Waals surface area contributed by atoms with Crippen LogP contribution < -0.4 is 0 Å². The number of aliphatic hydroxyl groups excluding tert-OH is 1. The van der Waals surface area contributed by atoms with Crippen LogP contribution in [0.25, 0.3) is 0 Å². The third kappa shape index (κ3) is 2.33. The zero-order chi connectivity index (χ0) is 11.5. The number of carbonyl (C=O) groups is 1. The van der Waals surface area contributed by atoms with Gasteiger partial charge in [-0.05, 0) is 18.8 Å². The molecule has 2 rings (SSSR count). The molecule has 1 amide bonds. The normalized spacial score (nSPS) is 32.5. The third-order valence-electron chi connectivity index (χ3n) is 3.56. The highest BCUT2D eigenvalue weighted by molar-refractivity contribution is 8.00. The molecule has 1 heterocycles. The summed E-state index contributed by atoms with van der Waals surface area (Å²) in [5.41, 5.74) is 0. The number of nitrogens with zero attached hydrogens (tertiary/aromatic N) is 2. The first-order chi connectivity index (χ1) is 7.72. The van der Waals surface area contributed by atoms with Crippen LogP contribution in [0.2, 0.25) is 0 Å². The van der Waals surface area contributed by atoms with Crippen molar-refractivity contribution in [1.29, 1.82) is 5.26 Å². The van der Waals surface area contributed by atoms with Crippen LogP contribution in [-0.4, -0.2) is 46.6 Å². The van der Waals surface area contributed by atoms with Crippen molar-refractivity contribution in [3.63, 3.8) is 0 Å². The van der Waals surface area contributed by atoms with E-state index in [-0.39, 0.29) is 12.0 Å². The number of rotatable bonds is 3. The highest BCUT2D eigenvalue weighted by Gasteiger charge is 2.42. The number of hydrogen-bond donors (Lipinski definition) is 1. The molecule has 5 heteroatoms. The fraction of sp³-hybridized carbons (Fsp3) is 0.818. The summed E-state index contributed by atoms with van der Waals surface area (Å²) in [6.45, 7) is 1.51. The Labute approximate surface area is 99.6 Å². The first-order valence-corrected chi connectivity index (χ1v) is 6.78. The zero-order valence-corrected chi connectivity index (χ0v) is 9.95. The Kier molecular flexibility index (Phi) is 3.72. The van der Waals surface area contributed by atoms with E-state index in [4.69, 9.17) is 5.26 Å². The van der Waals surface area contributed by atoms with Gasteiger partial charge in [-0.15, -0.1) is 11.8 Å². The van der Waals surface area contributed by atoms with Gasteiger partial charge in [0.2, 0.25) is 5.91 Å². The maximum atomic E-state index is 11.8. The van der Waals surface area contributed by atoms with Gasteiger partial charge in [0, 0.05) is 19.0 Å². The topological polar surface area (TPSA) is 64.3 Å². The number of likely N-dealkylation sites (tertiary alicyclic amines) is 1. The molecule has 4 nitrogen and oxygen atoms in total. The van der Waals surface area contributed by atoms with Crippen LogP contribution in [0.15, 0.2) is 0 Å². The molecule has 0 spiro atoms. The Bertz CT molecular complexity index is 316. The Hall–Kier alpha value is -0.730. The second-order valence-corrected chi connectivity index (χ2v) is 5.50. The predicted molar refractivity (Wildman–Crippen MR) is 61.7 cm³/mol. The van der Waals surface area contributed by atoms with Gasteiger partial charge in [0.1, 0.15) is 0 Å². The lowest BCUT2D eigenvalue weighted by Crippen LogP contribution is -2.32. The SMILES string of the molecule is N#CCSCC(=O)N1CC2CCC(O)C2C1. The van der Waals surface area contributed by atoms with Gasteiger partial charge in [0.25, 0.3) is 0 Å². The van der Waals surface area contributed by atoms with E-state index in [0.29, 0.717) is 29.9 Å². The van der Waals surface area contributed by atoms with E-state index in [1.165, 1.54) is 11.8 Å². The number of amides is 1. The molecule has 0 aromatic rings. The molecule has 16 heavy (non-hydrogen) atoms. The molecule has 1 saturated heterocycles.